The molecule has 0 N–H and O–H groups in total. The standard InChI is InChI=1S/C51H34O/c1-51(2)44-27-25-34-29-47-43(36-14-10-11-19-46(36)52-47)30-42(34)50(44)41-26-24-35(28-45(41)51)49-39-17-8-6-15-37(39)48(38-16-7-9-18-40(38)49)33-22-20-32(21-23-33)31-12-4-3-5-13-31/h3-30H,1-2H3. The molecule has 0 spiro atoms. The molecule has 0 bridgehead atoms. The van der Waals surface area contributed by atoms with Crippen LogP contribution in [0.4, 0.5) is 0 Å². The zero-order chi connectivity index (χ0) is 34.6. The number of hydrogen-bond acceptors (Lipinski definition) is 1. The highest BCUT2D eigenvalue weighted by molar-refractivity contribution is 6.22. The Labute approximate surface area is 302 Å². The summed E-state index contributed by atoms with van der Waals surface area (Å²) in [6.45, 7) is 4.77. The van der Waals surface area contributed by atoms with E-state index in [1.807, 2.05) is 6.07 Å². The Kier molecular flexibility index (Phi) is 6.08. The summed E-state index contributed by atoms with van der Waals surface area (Å²) in [6, 6.07) is 62.4. The van der Waals surface area contributed by atoms with Crippen molar-refractivity contribution < 1.29 is 4.42 Å². The molecule has 0 saturated carbocycles. The summed E-state index contributed by atoms with van der Waals surface area (Å²) in [5.74, 6) is 0. The second-order valence-electron chi connectivity index (χ2n) is 14.8. The van der Waals surface area contributed by atoms with Crippen LogP contribution in [0.3, 0.4) is 0 Å². The average Bonchev–Trinajstić information content (AvgIpc) is 3.67. The highest BCUT2D eigenvalue weighted by Crippen LogP contribution is 2.54. The van der Waals surface area contributed by atoms with Crippen LogP contribution in [-0.2, 0) is 5.41 Å². The second kappa shape index (κ2) is 10.8. The van der Waals surface area contributed by atoms with Crippen molar-refractivity contribution in [1.29, 1.82) is 0 Å². The largest absolute Gasteiger partial charge is 0.456 e. The molecule has 1 nitrogen and oxygen atoms in total. The van der Waals surface area contributed by atoms with Crippen molar-refractivity contribution in [2.75, 3.05) is 0 Å². The Balaban J connectivity index is 1.12. The maximum Gasteiger partial charge on any atom is 0.136 e. The molecule has 52 heavy (non-hydrogen) atoms. The Hall–Kier alpha value is -6.44. The quantitative estimate of drug-likeness (QED) is 0.172. The van der Waals surface area contributed by atoms with Crippen molar-refractivity contribution in [2.45, 2.75) is 19.3 Å². The number of rotatable bonds is 3. The van der Waals surface area contributed by atoms with Gasteiger partial charge in [-0.25, -0.2) is 0 Å². The maximum atomic E-state index is 6.29. The van der Waals surface area contributed by atoms with Crippen LogP contribution >= 0.6 is 0 Å². The van der Waals surface area contributed by atoms with Crippen LogP contribution < -0.4 is 0 Å². The second-order valence-corrected chi connectivity index (χ2v) is 14.8. The summed E-state index contributed by atoms with van der Waals surface area (Å²) in [5, 5.41) is 9.93. The van der Waals surface area contributed by atoms with Crippen molar-refractivity contribution in [1.82, 2.24) is 0 Å². The van der Waals surface area contributed by atoms with Gasteiger partial charge in [-0.15, -0.1) is 0 Å². The van der Waals surface area contributed by atoms with Gasteiger partial charge in [0.05, 0.1) is 0 Å². The Morgan fingerprint density at radius 2 is 0.904 bits per heavy atom. The van der Waals surface area contributed by atoms with E-state index in [2.05, 4.69) is 178 Å². The van der Waals surface area contributed by atoms with Crippen molar-refractivity contribution in [3.05, 3.63) is 181 Å². The van der Waals surface area contributed by atoms with E-state index in [4.69, 9.17) is 4.42 Å². The molecule has 0 atom stereocenters. The first kappa shape index (κ1) is 29.3. The zero-order valence-corrected chi connectivity index (χ0v) is 29.1. The Morgan fingerprint density at radius 1 is 0.346 bits per heavy atom. The lowest BCUT2D eigenvalue weighted by atomic mass is 9.80. The van der Waals surface area contributed by atoms with E-state index >= 15 is 0 Å². The summed E-state index contributed by atoms with van der Waals surface area (Å²) in [5.41, 5.74) is 14.7. The van der Waals surface area contributed by atoms with E-state index in [0.717, 1.165) is 11.2 Å². The summed E-state index contributed by atoms with van der Waals surface area (Å²) < 4.78 is 6.29. The lowest BCUT2D eigenvalue weighted by Crippen LogP contribution is -2.15. The molecule has 10 aromatic rings. The van der Waals surface area contributed by atoms with Gasteiger partial charge in [-0.2, -0.15) is 0 Å². The molecule has 0 unspecified atom stereocenters. The minimum absolute atomic E-state index is 0.158. The number of para-hydroxylation sites is 1. The minimum Gasteiger partial charge on any atom is -0.456 e. The molecule has 1 heterocycles. The zero-order valence-electron chi connectivity index (χ0n) is 29.1. The third-order valence-corrected chi connectivity index (χ3v) is 11.7. The van der Waals surface area contributed by atoms with E-state index in [9.17, 15) is 0 Å². The molecule has 9 aromatic carbocycles. The smallest absolute Gasteiger partial charge is 0.136 e. The number of hydrogen-bond donors (Lipinski definition) is 0. The molecule has 0 aliphatic heterocycles. The molecule has 1 aliphatic rings. The Bertz CT molecular complexity index is 3010. The molecule has 0 radical (unpaired) electrons. The van der Waals surface area contributed by atoms with Crippen LogP contribution in [0.1, 0.15) is 25.0 Å². The van der Waals surface area contributed by atoms with Gasteiger partial charge in [-0.1, -0.05) is 159 Å². The maximum absolute atomic E-state index is 6.29. The van der Waals surface area contributed by atoms with Crippen molar-refractivity contribution in [3.8, 4) is 44.5 Å². The predicted octanol–water partition coefficient (Wildman–Crippen LogP) is 14.4. The van der Waals surface area contributed by atoms with E-state index < -0.39 is 0 Å². The topological polar surface area (TPSA) is 13.1 Å². The molecule has 11 rings (SSSR count). The van der Waals surface area contributed by atoms with Crippen LogP contribution in [0.15, 0.2) is 174 Å². The predicted molar refractivity (Wildman–Crippen MR) is 220 cm³/mol. The molecular weight excluding hydrogens is 629 g/mol. The van der Waals surface area contributed by atoms with Crippen molar-refractivity contribution in [2.24, 2.45) is 0 Å². The summed E-state index contributed by atoms with van der Waals surface area (Å²) in [7, 11) is 0. The van der Waals surface area contributed by atoms with Gasteiger partial charge in [0.2, 0.25) is 0 Å². The fourth-order valence-electron chi connectivity index (χ4n) is 9.14. The molecule has 0 fully saturated rings. The SMILES string of the molecule is CC1(C)c2cc(-c3c4ccccc4c(-c4ccc(-c5ccccc5)cc4)c4ccccc34)ccc2-c2c1ccc1cc3oc4ccccc4c3cc21. The van der Waals surface area contributed by atoms with Gasteiger partial charge in [-0.3, -0.25) is 0 Å². The minimum atomic E-state index is -0.158. The number of benzene rings is 9. The Morgan fingerprint density at radius 3 is 1.60 bits per heavy atom. The summed E-state index contributed by atoms with van der Waals surface area (Å²) >= 11 is 0. The summed E-state index contributed by atoms with van der Waals surface area (Å²) in [6.07, 6.45) is 0. The van der Waals surface area contributed by atoms with Crippen molar-refractivity contribution in [3.63, 3.8) is 0 Å². The van der Waals surface area contributed by atoms with E-state index in [0.29, 0.717) is 0 Å². The van der Waals surface area contributed by atoms with Gasteiger partial charge < -0.3 is 4.42 Å². The number of fused-ring (bicyclic) bond motifs is 10. The van der Waals surface area contributed by atoms with Crippen LogP contribution in [-0.4, -0.2) is 0 Å². The first-order valence-corrected chi connectivity index (χ1v) is 18.2. The van der Waals surface area contributed by atoms with Crippen molar-refractivity contribution >= 4 is 54.3 Å². The molecule has 1 aliphatic carbocycles. The monoisotopic (exact) mass is 662 g/mol. The molecule has 244 valence electrons. The molecule has 0 amide bonds. The highest BCUT2D eigenvalue weighted by Gasteiger charge is 2.37. The number of furan rings is 1. The van der Waals surface area contributed by atoms with Crippen LogP contribution in [0.25, 0.3) is 98.8 Å². The van der Waals surface area contributed by atoms with E-state index in [-0.39, 0.29) is 5.41 Å². The average molecular weight is 663 g/mol. The molecular formula is C51H34O. The third kappa shape index (κ3) is 4.11. The lowest BCUT2D eigenvalue weighted by molar-refractivity contribution is 0.661. The lowest BCUT2D eigenvalue weighted by Gasteiger charge is -2.23. The van der Waals surface area contributed by atoms with E-state index in [1.165, 1.54) is 98.7 Å². The first-order chi connectivity index (χ1) is 25.5. The van der Waals surface area contributed by atoms with Gasteiger partial charge in [-0.05, 0) is 112 Å². The van der Waals surface area contributed by atoms with Gasteiger partial charge in [0.15, 0.2) is 0 Å². The third-order valence-electron chi connectivity index (χ3n) is 11.7. The fourth-order valence-corrected chi connectivity index (χ4v) is 9.14. The first-order valence-electron chi connectivity index (χ1n) is 18.2. The van der Waals surface area contributed by atoms with Gasteiger partial charge in [0, 0.05) is 16.2 Å². The van der Waals surface area contributed by atoms with Gasteiger partial charge in [0.25, 0.3) is 0 Å². The molecule has 0 saturated heterocycles. The highest BCUT2D eigenvalue weighted by atomic mass is 16.3. The summed E-state index contributed by atoms with van der Waals surface area (Å²) in [4.78, 5) is 0. The molecule has 1 heteroatoms. The molecule has 1 aromatic heterocycles. The van der Waals surface area contributed by atoms with Gasteiger partial charge in [0.1, 0.15) is 11.2 Å². The van der Waals surface area contributed by atoms with Crippen LogP contribution in [0.5, 0.6) is 0 Å². The van der Waals surface area contributed by atoms with Gasteiger partial charge >= 0.3 is 0 Å². The van der Waals surface area contributed by atoms with Crippen LogP contribution in [0, 0.1) is 0 Å². The van der Waals surface area contributed by atoms with E-state index in [1.54, 1.807) is 0 Å². The fraction of sp³-hybridized carbons (Fsp3) is 0.0588. The van der Waals surface area contributed by atoms with Crippen LogP contribution in [0.2, 0.25) is 0 Å². The normalized spacial score (nSPS) is 13.3.